The van der Waals surface area contributed by atoms with E-state index in [4.69, 9.17) is 4.42 Å². The highest BCUT2D eigenvalue weighted by atomic mass is 19.1. The standard InChI is InChI=1S/C18H13FN4O2/c1-11-13-4-2-3-5-16(13)25-17(11)18(24)22-12-6-7-15(14(19)8-12)23-10-20-9-21-23/h2-10H,1H3,(H,22,24). The summed E-state index contributed by atoms with van der Waals surface area (Å²) in [5.41, 5.74) is 1.95. The highest BCUT2D eigenvalue weighted by Gasteiger charge is 2.18. The molecular formula is C18H13FN4O2. The molecule has 2 aromatic heterocycles. The van der Waals surface area contributed by atoms with E-state index >= 15 is 0 Å². The third-order valence-electron chi connectivity index (χ3n) is 3.92. The van der Waals surface area contributed by atoms with Crippen molar-refractivity contribution in [1.82, 2.24) is 14.8 Å². The minimum Gasteiger partial charge on any atom is -0.451 e. The number of amides is 1. The molecule has 0 saturated carbocycles. The summed E-state index contributed by atoms with van der Waals surface area (Å²) < 4.78 is 21.2. The Balaban J connectivity index is 1.62. The molecule has 1 N–H and O–H groups in total. The molecule has 0 bridgehead atoms. The summed E-state index contributed by atoms with van der Waals surface area (Å²) in [4.78, 5) is 16.3. The van der Waals surface area contributed by atoms with Gasteiger partial charge in [-0.3, -0.25) is 4.79 Å². The van der Waals surface area contributed by atoms with E-state index in [1.807, 2.05) is 25.1 Å². The van der Waals surface area contributed by atoms with Crippen molar-refractivity contribution in [3.05, 3.63) is 72.3 Å². The predicted octanol–water partition coefficient (Wildman–Crippen LogP) is 3.71. The monoisotopic (exact) mass is 336 g/mol. The number of carbonyl (C=O) groups is 1. The van der Waals surface area contributed by atoms with Gasteiger partial charge in [-0.25, -0.2) is 14.1 Å². The third kappa shape index (κ3) is 2.65. The molecule has 1 amide bonds. The molecule has 6 nitrogen and oxygen atoms in total. The lowest BCUT2D eigenvalue weighted by atomic mass is 10.1. The van der Waals surface area contributed by atoms with Crippen molar-refractivity contribution >= 4 is 22.6 Å². The Kier molecular flexibility index (Phi) is 3.53. The molecule has 0 fully saturated rings. The molecular weight excluding hydrogens is 323 g/mol. The van der Waals surface area contributed by atoms with Crippen LogP contribution in [0.4, 0.5) is 10.1 Å². The predicted molar refractivity (Wildman–Crippen MR) is 90.2 cm³/mol. The van der Waals surface area contributed by atoms with Gasteiger partial charge in [-0.05, 0) is 31.2 Å². The molecule has 2 aromatic carbocycles. The van der Waals surface area contributed by atoms with Crippen molar-refractivity contribution in [2.45, 2.75) is 6.92 Å². The number of para-hydroxylation sites is 1. The van der Waals surface area contributed by atoms with Crippen molar-refractivity contribution in [3.8, 4) is 5.69 Å². The summed E-state index contributed by atoms with van der Waals surface area (Å²) >= 11 is 0. The zero-order chi connectivity index (χ0) is 17.4. The molecule has 25 heavy (non-hydrogen) atoms. The van der Waals surface area contributed by atoms with Crippen molar-refractivity contribution in [2.24, 2.45) is 0 Å². The van der Waals surface area contributed by atoms with E-state index in [0.29, 0.717) is 11.3 Å². The van der Waals surface area contributed by atoms with Crippen molar-refractivity contribution in [3.63, 3.8) is 0 Å². The maximum absolute atomic E-state index is 14.2. The average Bonchev–Trinajstić information content (AvgIpc) is 3.24. The summed E-state index contributed by atoms with van der Waals surface area (Å²) in [6, 6.07) is 11.7. The first-order valence-electron chi connectivity index (χ1n) is 7.57. The summed E-state index contributed by atoms with van der Waals surface area (Å²) in [7, 11) is 0. The number of aryl methyl sites for hydroxylation is 1. The SMILES string of the molecule is Cc1c(C(=O)Nc2ccc(-n3cncn3)c(F)c2)oc2ccccc12. The van der Waals surface area contributed by atoms with Gasteiger partial charge in [-0.1, -0.05) is 18.2 Å². The summed E-state index contributed by atoms with van der Waals surface area (Å²) in [6.07, 6.45) is 2.72. The molecule has 0 atom stereocenters. The van der Waals surface area contributed by atoms with Crippen molar-refractivity contribution < 1.29 is 13.6 Å². The molecule has 0 radical (unpaired) electrons. The van der Waals surface area contributed by atoms with Crippen LogP contribution >= 0.6 is 0 Å². The first-order chi connectivity index (χ1) is 12.1. The minimum absolute atomic E-state index is 0.210. The summed E-state index contributed by atoms with van der Waals surface area (Å²) in [5.74, 6) is -0.742. The first kappa shape index (κ1) is 15.1. The minimum atomic E-state index is -0.523. The Bertz CT molecular complexity index is 1070. The Morgan fingerprint density at radius 2 is 2.08 bits per heavy atom. The second-order valence-corrected chi connectivity index (χ2v) is 5.51. The van der Waals surface area contributed by atoms with E-state index in [0.717, 1.165) is 10.9 Å². The fraction of sp³-hybridized carbons (Fsp3) is 0.0556. The van der Waals surface area contributed by atoms with Crippen molar-refractivity contribution in [2.75, 3.05) is 5.32 Å². The number of halogens is 1. The van der Waals surface area contributed by atoms with Crippen LogP contribution in [0.25, 0.3) is 16.7 Å². The fourth-order valence-electron chi connectivity index (χ4n) is 2.68. The third-order valence-corrected chi connectivity index (χ3v) is 3.92. The molecule has 7 heteroatoms. The number of carbonyl (C=O) groups excluding carboxylic acids is 1. The van der Waals surface area contributed by atoms with E-state index < -0.39 is 11.7 Å². The molecule has 0 aliphatic carbocycles. The Labute approximate surface area is 141 Å². The molecule has 0 aliphatic rings. The van der Waals surface area contributed by atoms with Crippen LogP contribution in [0.5, 0.6) is 0 Å². The molecule has 0 saturated heterocycles. The van der Waals surface area contributed by atoms with E-state index in [1.165, 1.54) is 29.5 Å². The number of anilines is 1. The lowest BCUT2D eigenvalue weighted by Gasteiger charge is -2.07. The van der Waals surface area contributed by atoms with Crippen molar-refractivity contribution in [1.29, 1.82) is 0 Å². The number of benzene rings is 2. The van der Waals surface area contributed by atoms with Crippen LogP contribution in [0.1, 0.15) is 16.1 Å². The highest BCUT2D eigenvalue weighted by molar-refractivity contribution is 6.06. The maximum atomic E-state index is 14.2. The number of aromatic nitrogens is 3. The number of nitrogens with zero attached hydrogens (tertiary/aromatic N) is 3. The largest absolute Gasteiger partial charge is 0.451 e. The zero-order valence-electron chi connectivity index (χ0n) is 13.2. The number of nitrogens with one attached hydrogen (secondary N) is 1. The number of rotatable bonds is 3. The number of hydrogen-bond acceptors (Lipinski definition) is 4. The molecule has 124 valence electrons. The molecule has 0 spiro atoms. The lowest BCUT2D eigenvalue weighted by Crippen LogP contribution is -2.12. The van der Waals surface area contributed by atoms with Crippen LogP contribution in [0, 0.1) is 12.7 Å². The molecule has 0 aliphatic heterocycles. The van der Waals surface area contributed by atoms with Gasteiger partial charge in [0, 0.05) is 16.6 Å². The van der Waals surface area contributed by atoms with Crippen LogP contribution in [-0.4, -0.2) is 20.7 Å². The molecule has 2 heterocycles. The quantitative estimate of drug-likeness (QED) is 0.619. The lowest BCUT2D eigenvalue weighted by molar-refractivity contribution is 0.0998. The van der Waals surface area contributed by atoms with Gasteiger partial charge < -0.3 is 9.73 Å². The average molecular weight is 336 g/mol. The second kappa shape index (κ2) is 5.86. The van der Waals surface area contributed by atoms with Gasteiger partial charge in [-0.15, -0.1) is 0 Å². The molecule has 0 unspecified atom stereocenters. The summed E-state index contributed by atoms with van der Waals surface area (Å²) in [5, 5.41) is 7.42. The maximum Gasteiger partial charge on any atom is 0.291 e. The fourth-order valence-corrected chi connectivity index (χ4v) is 2.68. The van der Waals surface area contributed by atoms with Crippen LogP contribution < -0.4 is 5.32 Å². The number of hydrogen-bond donors (Lipinski definition) is 1. The molecule has 4 rings (SSSR count). The van der Waals surface area contributed by atoms with E-state index in [9.17, 15) is 9.18 Å². The first-order valence-corrected chi connectivity index (χ1v) is 7.57. The Hall–Kier alpha value is -3.48. The summed E-state index contributed by atoms with van der Waals surface area (Å²) in [6.45, 7) is 1.81. The van der Waals surface area contributed by atoms with Gasteiger partial charge in [0.25, 0.3) is 5.91 Å². The van der Waals surface area contributed by atoms with Gasteiger partial charge in [-0.2, -0.15) is 5.10 Å². The van der Waals surface area contributed by atoms with E-state index in [-0.39, 0.29) is 11.4 Å². The normalized spacial score (nSPS) is 11.0. The smallest absolute Gasteiger partial charge is 0.291 e. The van der Waals surface area contributed by atoms with Gasteiger partial charge in [0.05, 0.1) is 0 Å². The van der Waals surface area contributed by atoms with Gasteiger partial charge in [0.15, 0.2) is 11.6 Å². The van der Waals surface area contributed by atoms with Gasteiger partial charge in [0.2, 0.25) is 0 Å². The number of furan rings is 1. The van der Waals surface area contributed by atoms with Crippen LogP contribution in [0.15, 0.2) is 59.5 Å². The molecule has 4 aromatic rings. The van der Waals surface area contributed by atoms with E-state index in [1.54, 1.807) is 12.1 Å². The zero-order valence-corrected chi connectivity index (χ0v) is 13.2. The van der Waals surface area contributed by atoms with Crippen LogP contribution in [0.2, 0.25) is 0 Å². The van der Waals surface area contributed by atoms with Gasteiger partial charge >= 0.3 is 0 Å². The van der Waals surface area contributed by atoms with Crippen LogP contribution in [0.3, 0.4) is 0 Å². The van der Waals surface area contributed by atoms with Gasteiger partial charge in [0.1, 0.15) is 23.9 Å². The van der Waals surface area contributed by atoms with E-state index in [2.05, 4.69) is 15.4 Å². The Morgan fingerprint density at radius 1 is 1.24 bits per heavy atom. The second-order valence-electron chi connectivity index (χ2n) is 5.51. The highest BCUT2D eigenvalue weighted by Crippen LogP contribution is 2.26. The topological polar surface area (TPSA) is 73.0 Å². The van der Waals surface area contributed by atoms with Crippen LogP contribution in [-0.2, 0) is 0 Å². The number of fused-ring (bicyclic) bond motifs is 1. The Morgan fingerprint density at radius 3 is 2.80 bits per heavy atom.